The van der Waals surface area contributed by atoms with Gasteiger partial charge < -0.3 is 14.7 Å². The molecule has 0 aromatic heterocycles. The van der Waals surface area contributed by atoms with E-state index in [1.807, 2.05) is 20.8 Å². The van der Waals surface area contributed by atoms with Crippen LogP contribution in [0.25, 0.3) is 0 Å². The number of likely N-dealkylation sites (N-methyl/N-ethyl adjacent to an activating group) is 1. The van der Waals surface area contributed by atoms with E-state index in [9.17, 15) is 18.3 Å². The first-order valence-electron chi connectivity index (χ1n) is 11.7. The summed E-state index contributed by atoms with van der Waals surface area (Å²) >= 11 is 0. The van der Waals surface area contributed by atoms with Gasteiger partial charge in [0.1, 0.15) is 16.7 Å². The van der Waals surface area contributed by atoms with Crippen LogP contribution < -0.4 is 4.74 Å². The molecular formula is C25H36N2O5S. The van der Waals surface area contributed by atoms with Crippen molar-refractivity contribution in [3.05, 3.63) is 23.8 Å². The van der Waals surface area contributed by atoms with Crippen LogP contribution in [0.3, 0.4) is 0 Å². The third-order valence-electron chi connectivity index (χ3n) is 6.21. The standard InChI is InChI=1S/C25H36N2O5S/c1-17(2)6-7-20-10-11-24-22(12-20)32-23(15-26(5)25(29)13-21-8-9-21)18(3)14-27(19(4)16-28)33(24,30)31/h10-12,17-19,21,23,28H,8-9,13-16H2,1-5H3/t18-,19-,23+/m0/s1. The molecule has 182 valence electrons. The van der Waals surface area contributed by atoms with Crippen LogP contribution in [-0.2, 0) is 14.8 Å². The van der Waals surface area contributed by atoms with Crippen LogP contribution >= 0.6 is 0 Å². The molecule has 0 radical (unpaired) electrons. The number of amides is 1. The predicted octanol–water partition coefficient (Wildman–Crippen LogP) is 2.72. The normalized spacial score (nSPS) is 23.4. The summed E-state index contributed by atoms with van der Waals surface area (Å²) in [7, 11) is -2.12. The number of ether oxygens (including phenoxy) is 1. The number of fused-ring (bicyclic) bond motifs is 1. The fraction of sp³-hybridized carbons (Fsp3) is 0.640. The Hall–Kier alpha value is -2.08. The van der Waals surface area contributed by atoms with Gasteiger partial charge in [-0.25, -0.2) is 8.42 Å². The summed E-state index contributed by atoms with van der Waals surface area (Å²) in [6.45, 7) is 7.84. The van der Waals surface area contributed by atoms with Crippen molar-refractivity contribution in [2.24, 2.45) is 17.8 Å². The summed E-state index contributed by atoms with van der Waals surface area (Å²) in [6, 6.07) is 4.29. The van der Waals surface area contributed by atoms with E-state index in [1.54, 1.807) is 31.0 Å². The van der Waals surface area contributed by atoms with Crippen LogP contribution in [0, 0.1) is 29.6 Å². The van der Waals surface area contributed by atoms with Crippen LogP contribution in [0.4, 0.5) is 0 Å². The summed E-state index contributed by atoms with van der Waals surface area (Å²) in [4.78, 5) is 14.4. The molecule has 1 heterocycles. The van der Waals surface area contributed by atoms with Crippen LogP contribution in [0.1, 0.15) is 52.5 Å². The first-order valence-corrected chi connectivity index (χ1v) is 13.2. The highest BCUT2D eigenvalue weighted by molar-refractivity contribution is 7.89. The predicted molar refractivity (Wildman–Crippen MR) is 127 cm³/mol. The molecule has 1 aromatic rings. The van der Waals surface area contributed by atoms with E-state index in [0.717, 1.165) is 12.8 Å². The SMILES string of the molecule is CC(C)C#Cc1ccc2c(c1)O[C@H](CN(C)C(=O)CC1CC1)[C@@H](C)CN([C@@H](C)CO)S2(=O)=O. The highest BCUT2D eigenvalue weighted by atomic mass is 32.2. The maximum Gasteiger partial charge on any atom is 0.247 e. The van der Waals surface area contributed by atoms with Crippen LogP contribution in [0.2, 0.25) is 0 Å². The van der Waals surface area contributed by atoms with Crippen LogP contribution in [-0.4, -0.2) is 67.5 Å². The number of sulfonamides is 1. The van der Waals surface area contributed by atoms with Crippen molar-refractivity contribution in [2.75, 3.05) is 26.7 Å². The monoisotopic (exact) mass is 476 g/mol. The quantitative estimate of drug-likeness (QED) is 0.638. The van der Waals surface area contributed by atoms with Crippen molar-refractivity contribution < 1.29 is 23.1 Å². The zero-order valence-electron chi connectivity index (χ0n) is 20.2. The molecule has 0 bridgehead atoms. The molecule has 33 heavy (non-hydrogen) atoms. The third-order valence-corrected chi connectivity index (χ3v) is 8.23. The van der Waals surface area contributed by atoms with Crippen LogP contribution in [0.5, 0.6) is 5.75 Å². The zero-order chi connectivity index (χ0) is 24.3. The first-order chi connectivity index (χ1) is 15.5. The van der Waals surface area contributed by atoms with E-state index in [2.05, 4.69) is 11.8 Å². The molecule has 0 spiro atoms. The smallest absolute Gasteiger partial charge is 0.247 e. The second-order valence-corrected chi connectivity index (χ2v) is 11.6. The zero-order valence-corrected chi connectivity index (χ0v) is 21.1. The van der Waals surface area contributed by atoms with E-state index < -0.39 is 22.2 Å². The third kappa shape index (κ3) is 6.28. The number of benzene rings is 1. The summed E-state index contributed by atoms with van der Waals surface area (Å²) in [5.74, 6) is 6.95. The number of carbonyl (C=O) groups is 1. The van der Waals surface area contributed by atoms with Crippen molar-refractivity contribution >= 4 is 15.9 Å². The van der Waals surface area contributed by atoms with Gasteiger partial charge in [0.25, 0.3) is 0 Å². The minimum atomic E-state index is -3.89. The number of aliphatic hydroxyl groups excluding tert-OH is 1. The molecule has 3 atom stereocenters. The summed E-state index contributed by atoms with van der Waals surface area (Å²) in [5, 5.41) is 9.75. The second kappa shape index (κ2) is 10.5. The fourth-order valence-electron chi connectivity index (χ4n) is 3.85. The Kier molecular flexibility index (Phi) is 8.09. The van der Waals surface area contributed by atoms with E-state index in [1.165, 1.54) is 10.4 Å². The number of hydrogen-bond acceptors (Lipinski definition) is 5. The van der Waals surface area contributed by atoms with Crippen molar-refractivity contribution in [3.8, 4) is 17.6 Å². The maximum absolute atomic E-state index is 13.5. The molecular weight excluding hydrogens is 440 g/mol. The Labute approximate surface area is 198 Å². The molecule has 1 amide bonds. The lowest BCUT2D eigenvalue weighted by atomic mass is 10.0. The Morgan fingerprint density at radius 3 is 2.61 bits per heavy atom. The first kappa shape index (κ1) is 25.5. The Bertz CT molecular complexity index is 1020. The highest BCUT2D eigenvalue weighted by Crippen LogP contribution is 2.35. The minimum Gasteiger partial charge on any atom is -0.487 e. The van der Waals surface area contributed by atoms with Gasteiger partial charge >= 0.3 is 0 Å². The topological polar surface area (TPSA) is 87.2 Å². The Morgan fingerprint density at radius 2 is 2.00 bits per heavy atom. The number of nitrogens with zero attached hydrogens (tertiary/aromatic N) is 2. The lowest BCUT2D eigenvalue weighted by Crippen LogP contribution is -2.50. The molecule has 0 saturated heterocycles. The number of hydrogen-bond donors (Lipinski definition) is 1. The molecule has 7 nitrogen and oxygen atoms in total. The van der Waals surface area contributed by atoms with Gasteiger partial charge in [0.15, 0.2) is 0 Å². The summed E-state index contributed by atoms with van der Waals surface area (Å²) in [5.41, 5.74) is 0.671. The molecule has 1 aliphatic carbocycles. The summed E-state index contributed by atoms with van der Waals surface area (Å²) in [6.07, 6.45) is 2.35. The molecule has 1 N–H and O–H groups in total. The van der Waals surface area contributed by atoms with E-state index in [4.69, 9.17) is 4.74 Å². The average molecular weight is 477 g/mol. The highest BCUT2D eigenvalue weighted by Gasteiger charge is 2.38. The van der Waals surface area contributed by atoms with E-state index in [0.29, 0.717) is 24.4 Å². The maximum atomic E-state index is 13.5. The molecule has 3 rings (SSSR count). The molecule has 1 saturated carbocycles. The molecule has 8 heteroatoms. The molecule has 0 unspecified atom stereocenters. The van der Waals surface area contributed by atoms with Crippen molar-refractivity contribution in [3.63, 3.8) is 0 Å². The van der Waals surface area contributed by atoms with Gasteiger partial charge in [-0.05, 0) is 43.9 Å². The van der Waals surface area contributed by atoms with E-state index in [-0.39, 0.29) is 41.5 Å². The van der Waals surface area contributed by atoms with Crippen molar-refractivity contribution in [1.82, 2.24) is 9.21 Å². The average Bonchev–Trinajstić information content (AvgIpc) is 3.57. The van der Waals surface area contributed by atoms with Gasteiger partial charge in [-0.3, -0.25) is 4.79 Å². The largest absolute Gasteiger partial charge is 0.487 e. The fourth-order valence-corrected chi connectivity index (χ4v) is 5.67. The lowest BCUT2D eigenvalue weighted by Gasteiger charge is -2.37. The Balaban J connectivity index is 1.99. The summed E-state index contributed by atoms with van der Waals surface area (Å²) < 4.78 is 34.6. The molecule has 1 aromatic carbocycles. The van der Waals surface area contributed by atoms with Gasteiger partial charge in [-0.1, -0.05) is 32.6 Å². The molecule has 1 fully saturated rings. The van der Waals surface area contributed by atoms with Gasteiger partial charge in [0.05, 0.1) is 13.2 Å². The van der Waals surface area contributed by atoms with Gasteiger partial charge in [-0.2, -0.15) is 4.31 Å². The number of carbonyl (C=O) groups excluding carboxylic acids is 1. The second-order valence-electron chi connectivity index (χ2n) is 9.75. The minimum absolute atomic E-state index is 0.0572. The van der Waals surface area contributed by atoms with E-state index >= 15 is 0 Å². The van der Waals surface area contributed by atoms with Crippen LogP contribution in [0.15, 0.2) is 23.1 Å². The van der Waals surface area contributed by atoms with Crippen molar-refractivity contribution in [1.29, 1.82) is 0 Å². The molecule has 1 aliphatic heterocycles. The van der Waals surface area contributed by atoms with Gasteiger partial charge in [0, 0.05) is 43.5 Å². The van der Waals surface area contributed by atoms with Crippen molar-refractivity contribution in [2.45, 2.75) is 64.0 Å². The van der Waals surface area contributed by atoms with Gasteiger partial charge in [-0.15, -0.1) is 0 Å². The Morgan fingerprint density at radius 1 is 1.30 bits per heavy atom. The number of rotatable bonds is 6. The number of aliphatic hydroxyl groups is 1. The molecule has 2 aliphatic rings. The van der Waals surface area contributed by atoms with Gasteiger partial charge in [0.2, 0.25) is 15.9 Å². The lowest BCUT2D eigenvalue weighted by molar-refractivity contribution is -0.131.